The zero-order chi connectivity index (χ0) is 12.3. The summed E-state index contributed by atoms with van der Waals surface area (Å²) >= 11 is 0. The van der Waals surface area contributed by atoms with E-state index >= 15 is 0 Å². The molecule has 0 aliphatic heterocycles. The molecule has 4 heteroatoms. The molecule has 0 saturated carbocycles. The van der Waals surface area contributed by atoms with Crippen LogP contribution < -0.4 is 4.74 Å². The topological polar surface area (TPSA) is 62.6 Å². The van der Waals surface area contributed by atoms with E-state index < -0.39 is 6.10 Å². The maximum Gasteiger partial charge on any atom is 0.122 e. The molecule has 1 atom stereocenters. The molecule has 0 aliphatic carbocycles. The van der Waals surface area contributed by atoms with Crippen LogP contribution in [-0.2, 0) is 6.42 Å². The van der Waals surface area contributed by atoms with Crippen molar-refractivity contribution >= 4 is 10.9 Å². The van der Waals surface area contributed by atoms with Gasteiger partial charge in [0, 0.05) is 23.6 Å². The zero-order valence-corrected chi connectivity index (χ0v) is 9.63. The Morgan fingerprint density at radius 2 is 2.18 bits per heavy atom. The van der Waals surface area contributed by atoms with Crippen LogP contribution in [0.1, 0.15) is 5.56 Å². The number of aliphatic hydroxyl groups excluding tert-OH is 2. The van der Waals surface area contributed by atoms with Gasteiger partial charge in [-0.25, -0.2) is 0 Å². The van der Waals surface area contributed by atoms with Gasteiger partial charge in [0.05, 0.1) is 25.3 Å². The van der Waals surface area contributed by atoms with Gasteiger partial charge in [-0.05, 0) is 18.2 Å². The second-order valence-corrected chi connectivity index (χ2v) is 3.86. The van der Waals surface area contributed by atoms with Crippen LogP contribution in [0, 0.1) is 0 Å². The van der Waals surface area contributed by atoms with Crippen molar-refractivity contribution in [2.45, 2.75) is 12.5 Å². The Morgan fingerprint density at radius 3 is 2.88 bits per heavy atom. The van der Waals surface area contributed by atoms with Crippen molar-refractivity contribution in [3.05, 3.63) is 36.0 Å². The second kappa shape index (κ2) is 5.12. The summed E-state index contributed by atoms with van der Waals surface area (Å²) in [6.45, 7) is -0.264. The summed E-state index contributed by atoms with van der Waals surface area (Å²) in [7, 11) is 1.59. The summed E-state index contributed by atoms with van der Waals surface area (Å²) in [6, 6.07) is 7.48. The van der Waals surface area contributed by atoms with E-state index in [2.05, 4.69) is 4.98 Å². The highest BCUT2D eigenvalue weighted by molar-refractivity contribution is 5.84. The van der Waals surface area contributed by atoms with Gasteiger partial charge in [-0.15, -0.1) is 0 Å². The van der Waals surface area contributed by atoms with E-state index in [9.17, 15) is 5.11 Å². The zero-order valence-electron chi connectivity index (χ0n) is 9.63. The maximum atomic E-state index is 9.56. The second-order valence-electron chi connectivity index (χ2n) is 3.86. The first-order chi connectivity index (χ1) is 8.26. The first-order valence-corrected chi connectivity index (χ1v) is 5.45. The molecule has 2 N–H and O–H groups in total. The van der Waals surface area contributed by atoms with Crippen molar-refractivity contribution in [1.82, 2.24) is 4.98 Å². The smallest absolute Gasteiger partial charge is 0.122 e. The Morgan fingerprint density at radius 1 is 1.35 bits per heavy atom. The number of aliphatic hydroxyl groups is 2. The molecule has 90 valence electrons. The minimum absolute atomic E-state index is 0.264. The van der Waals surface area contributed by atoms with Crippen LogP contribution in [0.4, 0.5) is 0 Å². The van der Waals surface area contributed by atoms with E-state index in [1.165, 1.54) is 0 Å². The maximum absolute atomic E-state index is 9.56. The van der Waals surface area contributed by atoms with Crippen LogP contribution in [0.3, 0.4) is 0 Å². The number of rotatable bonds is 4. The van der Waals surface area contributed by atoms with Gasteiger partial charge in [0.25, 0.3) is 0 Å². The van der Waals surface area contributed by atoms with Crippen molar-refractivity contribution in [3.63, 3.8) is 0 Å². The Balaban J connectivity index is 2.54. The third-order valence-electron chi connectivity index (χ3n) is 2.72. The lowest BCUT2D eigenvalue weighted by atomic mass is 10.0. The fourth-order valence-corrected chi connectivity index (χ4v) is 1.90. The summed E-state index contributed by atoms with van der Waals surface area (Å²) in [5, 5.41) is 19.4. The standard InChI is InChI=1S/C13H15NO3/c1-17-13-5-4-12-10(3-2-6-14-12)11(13)7-9(16)8-15/h2-6,9,15-16H,7-8H2,1H3/t9-/m0/s1. The number of ether oxygens (including phenoxy) is 1. The van der Waals surface area contributed by atoms with Gasteiger partial charge >= 0.3 is 0 Å². The molecule has 1 aromatic heterocycles. The molecular weight excluding hydrogens is 218 g/mol. The number of fused-ring (bicyclic) bond motifs is 1. The van der Waals surface area contributed by atoms with Crippen LogP contribution in [0.5, 0.6) is 5.75 Å². The molecule has 0 spiro atoms. The molecule has 0 radical (unpaired) electrons. The molecule has 0 saturated heterocycles. The van der Waals surface area contributed by atoms with Crippen molar-refractivity contribution in [3.8, 4) is 5.75 Å². The molecule has 0 unspecified atom stereocenters. The van der Waals surface area contributed by atoms with E-state index in [1.807, 2.05) is 24.3 Å². The molecule has 0 fully saturated rings. The van der Waals surface area contributed by atoms with E-state index in [0.29, 0.717) is 12.2 Å². The van der Waals surface area contributed by atoms with Gasteiger partial charge in [-0.2, -0.15) is 0 Å². The van der Waals surface area contributed by atoms with Crippen molar-refractivity contribution in [2.75, 3.05) is 13.7 Å². The number of benzene rings is 1. The molecule has 2 rings (SSSR count). The van der Waals surface area contributed by atoms with E-state index in [0.717, 1.165) is 16.5 Å². The van der Waals surface area contributed by atoms with Crippen LogP contribution in [0.15, 0.2) is 30.5 Å². The van der Waals surface area contributed by atoms with Gasteiger partial charge in [-0.3, -0.25) is 4.98 Å². The largest absolute Gasteiger partial charge is 0.496 e. The highest BCUT2D eigenvalue weighted by Gasteiger charge is 2.12. The number of aromatic nitrogens is 1. The lowest BCUT2D eigenvalue weighted by Gasteiger charge is -2.13. The highest BCUT2D eigenvalue weighted by atomic mass is 16.5. The molecular formula is C13H15NO3. The Kier molecular flexibility index (Phi) is 3.56. The summed E-state index contributed by atoms with van der Waals surface area (Å²) in [5.74, 6) is 0.706. The van der Waals surface area contributed by atoms with Crippen molar-refractivity contribution in [2.24, 2.45) is 0 Å². The van der Waals surface area contributed by atoms with Crippen LogP contribution in [0.25, 0.3) is 10.9 Å². The predicted octanol–water partition coefficient (Wildman–Crippen LogP) is 1.14. The molecule has 1 heterocycles. The number of nitrogens with zero attached hydrogens (tertiary/aromatic N) is 1. The molecule has 2 aromatic rings. The summed E-state index contributed by atoms with van der Waals surface area (Å²) < 4.78 is 5.28. The number of hydrogen-bond acceptors (Lipinski definition) is 4. The summed E-state index contributed by atoms with van der Waals surface area (Å²) in [4.78, 5) is 4.25. The van der Waals surface area contributed by atoms with E-state index in [1.54, 1.807) is 13.3 Å². The van der Waals surface area contributed by atoms with E-state index in [-0.39, 0.29) is 6.61 Å². The third kappa shape index (κ3) is 2.38. The van der Waals surface area contributed by atoms with Gasteiger partial charge < -0.3 is 14.9 Å². The highest BCUT2D eigenvalue weighted by Crippen LogP contribution is 2.27. The van der Waals surface area contributed by atoms with Gasteiger partial charge in [0.15, 0.2) is 0 Å². The lowest BCUT2D eigenvalue weighted by molar-refractivity contribution is 0.0952. The third-order valence-corrected chi connectivity index (χ3v) is 2.72. The monoisotopic (exact) mass is 233 g/mol. The first-order valence-electron chi connectivity index (χ1n) is 5.45. The first kappa shape index (κ1) is 11.8. The summed E-state index contributed by atoms with van der Waals surface area (Å²) in [6.07, 6.45) is 1.29. The predicted molar refractivity (Wildman–Crippen MR) is 65.1 cm³/mol. The van der Waals surface area contributed by atoms with Gasteiger partial charge in [0.2, 0.25) is 0 Å². The van der Waals surface area contributed by atoms with Crippen molar-refractivity contribution < 1.29 is 14.9 Å². The average Bonchev–Trinajstić information content (AvgIpc) is 2.39. The molecule has 0 bridgehead atoms. The number of hydrogen-bond donors (Lipinski definition) is 2. The molecule has 0 aliphatic rings. The van der Waals surface area contributed by atoms with Crippen LogP contribution in [-0.4, -0.2) is 35.0 Å². The van der Waals surface area contributed by atoms with Crippen LogP contribution >= 0.6 is 0 Å². The van der Waals surface area contributed by atoms with E-state index in [4.69, 9.17) is 9.84 Å². The molecule has 0 amide bonds. The minimum atomic E-state index is -0.783. The Labute approximate surface area is 99.5 Å². The Hall–Kier alpha value is -1.65. The minimum Gasteiger partial charge on any atom is -0.496 e. The van der Waals surface area contributed by atoms with Crippen molar-refractivity contribution in [1.29, 1.82) is 0 Å². The van der Waals surface area contributed by atoms with Crippen LogP contribution in [0.2, 0.25) is 0 Å². The fourth-order valence-electron chi connectivity index (χ4n) is 1.90. The molecule has 17 heavy (non-hydrogen) atoms. The average molecular weight is 233 g/mol. The van der Waals surface area contributed by atoms with Gasteiger partial charge in [-0.1, -0.05) is 6.07 Å². The quantitative estimate of drug-likeness (QED) is 0.831. The molecule has 1 aromatic carbocycles. The lowest BCUT2D eigenvalue weighted by Crippen LogP contribution is -2.16. The normalized spacial score (nSPS) is 12.6. The summed E-state index contributed by atoms with van der Waals surface area (Å²) in [5.41, 5.74) is 1.73. The molecule has 4 nitrogen and oxygen atoms in total. The SMILES string of the molecule is COc1ccc2ncccc2c1C[C@H](O)CO. The van der Waals surface area contributed by atoms with Gasteiger partial charge in [0.1, 0.15) is 5.75 Å². The number of methoxy groups -OCH3 is 1. The number of pyridine rings is 1. The fraction of sp³-hybridized carbons (Fsp3) is 0.308. The Bertz CT molecular complexity index is 513.